The molecule has 0 atom stereocenters. The van der Waals surface area contributed by atoms with Crippen LogP contribution in [0.1, 0.15) is 11.1 Å². The summed E-state index contributed by atoms with van der Waals surface area (Å²) in [6.07, 6.45) is -4.79. The van der Waals surface area contributed by atoms with Crippen LogP contribution < -0.4 is 9.86 Å². The van der Waals surface area contributed by atoms with Crippen molar-refractivity contribution >= 4 is 25.7 Å². The zero-order chi connectivity index (χ0) is 19.0. The van der Waals surface area contributed by atoms with Gasteiger partial charge in [-0.05, 0) is 37.3 Å². The normalized spacial score (nSPS) is 12.8. The molecule has 25 heavy (non-hydrogen) atoms. The molecule has 3 N–H and O–H groups in total. The predicted molar refractivity (Wildman–Crippen MR) is 84.8 cm³/mol. The minimum Gasteiger partial charge on any atom is -0.278 e. The van der Waals surface area contributed by atoms with Crippen molar-refractivity contribution < 1.29 is 30.0 Å². The molecule has 0 amide bonds. The predicted octanol–water partition coefficient (Wildman–Crippen LogP) is 2.46. The van der Waals surface area contributed by atoms with Gasteiger partial charge in [-0.1, -0.05) is 17.7 Å². The Bertz CT molecular complexity index is 999. The third kappa shape index (κ3) is 4.50. The van der Waals surface area contributed by atoms with Gasteiger partial charge in [0.25, 0.3) is 10.0 Å². The van der Waals surface area contributed by atoms with Gasteiger partial charge < -0.3 is 0 Å². The van der Waals surface area contributed by atoms with Gasteiger partial charge in [-0.25, -0.2) is 22.0 Å². The van der Waals surface area contributed by atoms with Gasteiger partial charge in [0, 0.05) is 0 Å². The van der Waals surface area contributed by atoms with Gasteiger partial charge in [0.2, 0.25) is 10.0 Å². The fourth-order valence-electron chi connectivity index (χ4n) is 1.96. The molecule has 2 aromatic rings. The first kappa shape index (κ1) is 19.2. The zero-order valence-corrected chi connectivity index (χ0v) is 14.3. The number of sulfonamides is 2. The number of alkyl halides is 3. The Morgan fingerprint density at radius 2 is 1.52 bits per heavy atom. The van der Waals surface area contributed by atoms with Gasteiger partial charge in [0.1, 0.15) is 4.90 Å². The van der Waals surface area contributed by atoms with Crippen LogP contribution in [0.4, 0.5) is 18.9 Å². The summed E-state index contributed by atoms with van der Waals surface area (Å²) in [6, 6.07) is 6.94. The first-order valence-electron chi connectivity index (χ1n) is 6.64. The number of nitrogens with two attached hydrogens (primary N) is 1. The fourth-order valence-corrected chi connectivity index (χ4v) is 3.76. The Hall–Kier alpha value is -2.11. The fraction of sp³-hybridized carbons (Fsp3) is 0.143. The third-order valence-corrected chi connectivity index (χ3v) is 5.54. The number of hydrogen-bond acceptors (Lipinski definition) is 4. The van der Waals surface area contributed by atoms with Crippen LogP contribution in [0, 0.1) is 6.92 Å². The van der Waals surface area contributed by atoms with Crippen molar-refractivity contribution in [2.75, 3.05) is 4.72 Å². The average Bonchev–Trinajstić information content (AvgIpc) is 2.45. The Balaban J connectivity index is 2.58. The SMILES string of the molecule is Cc1ccc(S(=O)(=O)Nc2cc(C(F)(F)F)ccc2S(N)(=O)=O)cc1. The summed E-state index contributed by atoms with van der Waals surface area (Å²) < 4.78 is 88.1. The van der Waals surface area contributed by atoms with Crippen LogP contribution in [0.2, 0.25) is 0 Å². The molecule has 2 rings (SSSR count). The number of rotatable bonds is 4. The summed E-state index contributed by atoms with van der Waals surface area (Å²) in [4.78, 5) is -1.01. The van der Waals surface area contributed by atoms with Gasteiger partial charge in [-0.15, -0.1) is 0 Å². The summed E-state index contributed by atoms with van der Waals surface area (Å²) in [6.45, 7) is 1.72. The molecule has 0 aromatic heterocycles. The van der Waals surface area contributed by atoms with Crippen LogP contribution in [0.3, 0.4) is 0 Å². The Morgan fingerprint density at radius 1 is 0.960 bits per heavy atom. The van der Waals surface area contributed by atoms with Gasteiger partial charge in [0.15, 0.2) is 0 Å². The van der Waals surface area contributed by atoms with E-state index in [-0.39, 0.29) is 4.90 Å². The van der Waals surface area contributed by atoms with Crippen LogP contribution in [0.25, 0.3) is 0 Å². The molecule has 0 saturated heterocycles. The lowest BCUT2D eigenvalue weighted by molar-refractivity contribution is -0.137. The first-order chi connectivity index (χ1) is 11.3. The number of nitrogens with one attached hydrogen (secondary N) is 1. The van der Waals surface area contributed by atoms with E-state index in [1.807, 2.05) is 4.72 Å². The molecule has 0 bridgehead atoms. The summed E-state index contributed by atoms with van der Waals surface area (Å²) in [5.41, 5.74) is -1.23. The summed E-state index contributed by atoms with van der Waals surface area (Å²) in [7, 11) is -8.76. The van der Waals surface area contributed by atoms with E-state index >= 15 is 0 Å². The lowest BCUT2D eigenvalue weighted by Gasteiger charge is -2.14. The van der Waals surface area contributed by atoms with Gasteiger partial charge in [-0.3, -0.25) is 4.72 Å². The van der Waals surface area contributed by atoms with Crippen LogP contribution >= 0.6 is 0 Å². The lowest BCUT2D eigenvalue weighted by Crippen LogP contribution is -2.20. The third-order valence-electron chi connectivity index (χ3n) is 3.19. The second kappa shape index (κ2) is 6.32. The second-order valence-corrected chi connectivity index (χ2v) is 8.38. The number of hydrogen-bond donors (Lipinski definition) is 2. The van der Waals surface area contributed by atoms with Crippen molar-refractivity contribution in [1.29, 1.82) is 0 Å². The van der Waals surface area contributed by atoms with Gasteiger partial charge in [0.05, 0.1) is 16.1 Å². The van der Waals surface area contributed by atoms with Crippen molar-refractivity contribution in [3.8, 4) is 0 Å². The van der Waals surface area contributed by atoms with Crippen molar-refractivity contribution in [2.45, 2.75) is 22.9 Å². The van der Waals surface area contributed by atoms with Crippen molar-refractivity contribution in [1.82, 2.24) is 0 Å². The highest BCUT2D eigenvalue weighted by Crippen LogP contribution is 2.34. The number of primary sulfonamides is 1. The van der Waals surface area contributed by atoms with E-state index in [0.717, 1.165) is 5.56 Å². The highest BCUT2D eigenvalue weighted by molar-refractivity contribution is 7.93. The smallest absolute Gasteiger partial charge is 0.278 e. The van der Waals surface area contributed by atoms with Crippen molar-refractivity contribution in [3.05, 3.63) is 53.6 Å². The molecular weight excluding hydrogens is 381 g/mol. The number of halogens is 3. The molecule has 0 spiro atoms. The van der Waals surface area contributed by atoms with E-state index in [0.29, 0.717) is 18.2 Å². The van der Waals surface area contributed by atoms with E-state index in [4.69, 9.17) is 5.14 Å². The molecule has 0 radical (unpaired) electrons. The van der Waals surface area contributed by atoms with E-state index in [1.165, 1.54) is 24.3 Å². The van der Waals surface area contributed by atoms with Crippen LogP contribution in [0.15, 0.2) is 52.3 Å². The molecule has 0 unspecified atom stereocenters. The first-order valence-corrected chi connectivity index (χ1v) is 9.67. The van der Waals surface area contributed by atoms with Crippen molar-refractivity contribution in [2.24, 2.45) is 5.14 Å². The maximum Gasteiger partial charge on any atom is 0.416 e. The lowest BCUT2D eigenvalue weighted by atomic mass is 10.2. The maximum atomic E-state index is 12.8. The molecule has 136 valence electrons. The van der Waals surface area contributed by atoms with Gasteiger partial charge >= 0.3 is 6.18 Å². The van der Waals surface area contributed by atoms with E-state index in [9.17, 15) is 30.0 Å². The monoisotopic (exact) mass is 394 g/mol. The minimum atomic E-state index is -4.79. The summed E-state index contributed by atoms with van der Waals surface area (Å²) in [5, 5.41) is 4.95. The van der Waals surface area contributed by atoms with Crippen LogP contribution in [-0.4, -0.2) is 16.8 Å². The minimum absolute atomic E-state index is 0.240. The summed E-state index contributed by atoms with van der Waals surface area (Å²) in [5.74, 6) is 0. The van der Waals surface area contributed by atoms with Gasteiger partial charge in [-0.2, -0.15) is 13.2 Å². The Labute approximate surface area is 142 Å². The van der Waals surface area contributed by atoms with Crippen LogP contribution in [-0.2, 0) is 26.2 Å². The quantitative estimate of drug-likeness (QED) is 0.831. The highest BCUT2D eigenvalue weighted by Gasteiger charge is 2.32. The topological polar surface area (TPSA) is 106 Å². The number of benzene rings is 2. The van der Waals surface area contributed by atoms with E-state index in [2.05, 4.69) is 0 Å². The molecule has 0 heterocycles. The summed E-state index contributed by atoms with van der Waals surface area (Å²) >= 11 is 0. The molecular formula is C14H13F3N2O4S2. The van der Waals surface area contributed by atoms with E-state index < -0.39 is 42.4 Å². The molecule has 0 aliphatic rings. The van der Waals surface area contributed by atoms with Crippen molar-refractivity contribution in [3.63, 3.8) is 0 Å². The Morgan fingerprint density at radius 3 is 2.00 bits per heavy atom. The largest absolute Gasteiger partial charge is 0.416 e. The average molecular weight is 394 g/mol. The molecule has 2 aromatic carbocycles. The zero-order valence-electron chi connectivity index (χ0n) is 12.7. The standard InChI is InChI=1S/C14H13F3N2O4S2/c1-9-2-5-11(6-3-9)25(22,23)19-12-8-10(14(15,16)17)4-7-13(12)24(18,20)21/h2-8,19H,1H3,(H2,18,20,21). The second-order valence-electron chi connectivity index (χ2n) is 5.17. The molecule has 6 nitrogen and oxygen atoms in total. The highest BCUT2D eigenvalue weighted by atomic mass is 32.2. The molecule has 0 saturated carbocycles. The molecule has 0 fully saturated rings. The maximum absolute atomic E-state index is 12.8. The van der Waals surface area contributed by atoms with E-state index in [1.54, 1.807) is 6.92 Å². The number of anilines is 1. The molecule has 0 aliphatic heterocycles. The van der Waals surface area contributed by atoms with Crippen LogP contribution in [0.5, 0.6) is 0 Å². The molecule has 11 heteroatoms. The number of aryl methyl sites for hydroxylation is 1. The molecule has 0 aliphatic carbocycles. The Kier molecular flexibility index (Phi) is 4.86.